The zero-order chi connectivity index (χ0) is 23.7. The van der Waals surface area contributed by atoms with E-state index in [4.69, 9.17) is 4.42 Å². The lowest BCUT2D eigenvalue weighted by molar-refractivity contribution is 0.0943. The average molecular weight is 460 g/mol. The van der Waals surface area contributed by atoms with Crippen LogP contribution in [0, 0.1) is 18.6 Å². The molecule has 1 fully saturated rings. The molecule has 0 amide bonds. The van der Waals surface area contributed by atoms with Gasteiger partial charge in [0.05, 0.1) is 6.54 Å². The summed E-state index contributed by atoms with van der Waals surface area (Å²) in [5.74, 6) is -0.0562. The van der Waals surface area contributed by atoms with Crippen LogP contribution in [0.25, 0.3) is 0 Å². The van der Waals surface area contributed by atoms with Gasteiger partial charge in [0.2, 0.25) is 0 Å². The summed E-state index contributed by atoms with van der Waals surface area (Å²) in [4.78, 5) is 2.37. The van der Waals surface area contributed by atoms with Gasteiger partial charge in [-0.25, -0.2) is 8.78 Å². The van der Waals surface area contributed by atoms with Gasteiger partial charge in [-0.15, -0.1) is 0 Å². The summed E-state index contributed by atoms with van der Waals surface area (Å²) >= 11 is 0. The van der Waals surface area contributed by atoms with Crippen LogP contribution in [0.4, 0.5) is 8.78 Å². The Morgan fingerprint density at radius 2 is 1.47 bits per heavy atom. The highest BCUT2D eigenvalue weighted by Gasteiger charge is 2.38. The summed E-state index contributed by atoms with van der Waals surface area (Å²) < 4.78 is 34.3. The van der Waals surface area contributed by atoms with Gasteiger partial charge >= 0.3 is 0 Å². The van der Waals surface area contributed by atoms with E-state index in [-0.39, 0.29) is 16.9 Å². The Morgan fingerprint density at radius 1 is 0.853 bits per heavy atom. The van der Waals surface area contributed by atoms with Crippen molar-refractivity contribution in [3.63, 3.8) is 0 Å². The van der Waals surface area contributed by atoms with Gasteiger partial charge in [-0.05, 0) is 72.9 Å². The molecule has 0 atom stereocenters. The van der Waals surface area contributed by atoms with Crippen LogP contribution in [0.3, 0.4) is 0 Å². The Labute approximate surface area is 198 Å². The number of nitrogens with zero attached hydrogens (tertiary/aromatic N) is 1. The van der Waals surface area contributed by atoms with Crippen molar-refractivity contribution >= 4 is 0 Å². The number of aryl methyl sites for hydroxylation is 1. The van der Waals surface area contributed by atoms with Crippen LogP contribution in [-0.4, -0.2) is 16.0 Å². The topological polar surface area (TPSA) is 36.6 Å². The number of aliphatic hydroxyl groups is 1. The third kappa shape index (κ3) is 4.67. The molecule has 0 aliphatic heterocycles. The first-order chi connectivity index (χ1) is 16.4. The van der Waals surface area contributed by atoms with Crippen molar-refractivity contribution < 1.29 is 18.3 Å². The van der Waals surface area contributed by atoms with Crippen LogP contribution in [-0.2, 0) is 18.7 Å². The van der Waals surface area contributed by atoms with Crippen LogP contribution in [0.15, 0.2) is 89.3 Å². The molecule has 34 heavy (non-hydrogen) atoms. The van der Waals surface area contributed by atoms with Crippen molar-refractivity contribution in [2.24, 2.45) is 0 Å². The molecule has 0 bridgehead atoms. The average Bonchev–Trinajstić information content (AvgIpc) is 3.58. The van der Waals surface area contributed by atoms with Gasteiger partial charge in [-0.2, -0.15) is 0 Å². The predicted molar refractivity (Wildman–Crippen MR) is 127 cm³/mol. The molecule has 5 heteroatoms. The molecule has 0 spiro atoms. The second-order valence-electron chi connectivity index (χ2n) is 9.12. The molecule has 0 saturated heterocycles. The fourth-order valence-corrected chi connectivity index (χ4v) is 4.42. The SMILES string of the molecule is Cc1ccc(CN(Cc2ccc(C(O)(c3cccc(F)c3)c3cccc(F)c3)o2)C2CC2)cc1. The van der Waals surface area contributed by atoms with Gasteiger partial charge in [0.25, 0.3) is 0 Å². The number of halogens is 2. The highest BCUT2D eigenvalue weighted by Crippen LogP contribution is 2.39. The monoisotopic (exact) mass is 459 g/mol. The molecule has 5 rings (SSSR count). The third-order valence-electron chi connectivity index (χ3n) is 6.43. The minimum atomic E-state index is -1.83. The Morgan fingerprint density at radius 3 is 2.03 bits per heavy atom. The molecule has 174 valence electrons. The molecule has 3 nitrogen and oxygen atoms in total. The molecule has 3 aromatic carbocycles. The van der Waals surface area contributed by atoms with Crippen LogP contribution >= 0.6 is 0 Å². The van der Waals surface area contributed by atoms with Gasteiger partial charge in [0, 0.05) is 12.6 Å². The van der Waals surface area contributed by atoms with Crippen LogP contribution < -0.4 is 0 Å². The highest BCUT2D eigenvalue weighted by atomic mass is 19.1. The fraction of sp³-hybridized carbons (Fsp3) is 0.241. The molecule has 1 N–H and O–H groups in total. The first-order valence-electron chi connectivity index (χ1n) is 11.5. The Kier molecular flexibility index (Phi) is 6.07. The normalized spacial score (nSPS) is 14.0. The van der Waals surface area contributed by atoms with Crippen molar-refractivity contribution in [1.29, 1.82) is 0 Å². The van der Waals surface area contributed by atoms with E-state index in [9.17, 15) is 13.9 Å². The van der Waals surface area contributed by atoms with Crippen molar-refractivity contribution in [2.75, 3.05) is 0 Å². The Hall–Kier alpha value is -3.28. The van der Waals surface area contributed by atoms with Crippen molar-refractivity contribution in [2.45, 2.75) is 44.5 Å². The number of hydrogen-bond acceptors (Lipinski definition) is 3. The van der Waals surface area contributed by atoms with E-state index in [2.05, 4.69) is 36.1 Å². The van der Waals surface area contributed by atoms with Gasteiger partial charge < -0.3 is 9.52 Å². The van der Waals surface area contributed by atoms with Crippen molar-refractivity contribution in [3.8, 4) is 0 Å². The highest BCUT2D eigenvalue weighted by molar-refractivity contribution is 5.44. The van der Waals surface area contributed by atoms with Gasteiger partial charge in [-0.3, -0.25) is 4.90 Å². The zero-order valence-electron chi connectivity index (χ0n) is 19.0. The molecule has 1 saturated carbocycles. The van der Waals surface area contributed by atoms with E-state index < -0.39 is 17.2 Å². The standard InChI is InChI=1S/C29H27F2NO2/c1-20-8-10-21(11-9-20)18-32(26-12-13-26)19-27-14-15-28(34-27)29(33,22-4-2-6-24(30)16-22)23-5-3-7-25(31)17-23/h2-11,14-17,26,33H,12-13,18-19H2,1H3. The summed E-state index contributed by atoms with van der Waals surface area (Å²) in [5.41, 5.74) is 1.19. The molecule has 4 aromatic rings. The first-order valence-corrected chi connectivity index (χ1v) is 11.5. The van der Waals surface area contributed by atoms with Crippen LogP contribution in [0.5, 0.6) is 0 Å². The minimum Gasteiger partial charge on any atom is -0.461 e. The second-order valence-corrected chi connectivity index (χ2v) is 9.12. The van der Waals surface area contributed by atoms with E-state index in [0.717, 1.165) is 19.4 Å². The third-order valence-corrected chi connectivity index (χ3v) is 6.43. The fourth-order valence-electron chi connectivity index (χ4n) is 4.42. The molecule has 1 aliphatic carbocycles. The van der Waals surface area contributed by atoms with Gasteiger partial charge in [-0.1, -0.05) is 54.1 Å². The van der Waals surface area contributed by atoms with Gasteiger partial charge in [0.1, 0.15) is 23.2 Å². The largest absolute Gasteiger partial charge is 0.461 e. The lowest BCUT2D eigenvalue weighted by Crippen LogP contribution is -2.29. The molecule has 1 heterocycles. The molecule has 0 radical (unpaired) electrons. The lowest BCUT2D eigenvalue weighted by atomic mass is 9.84. The summed E-state index contributed by atoms with van der Waals surface area (Å²) in [5, 5.41) is 11.9. The maximum Gasteiger partial charge on any atom is 0.173 e. The van der Waals surface area contributed by atoms with Crippen molar-refractivity contribution in [1.82, 2.24) is 4.90 Å². The minimum absolute atomic E-state index is 0.227. The van der Waals surface area contributed by atoms with E-state index in [1.807, 2.05) is 6.07 Å². The summed E-state index contributed by atoms with van der Waals surface area (Å²) in [6.07, 6.45) is 2.30. The lowest BCUT2D eigenvalue weighted by Gasteiger charge is -2.27. The van der Waals surface area contributed by atoms with E-state index in [1.54, 1.807) is 18.2 Å². The molecular weight excluding hydrogens is 432 g/mol. The summed E-state index contributed by atoms with van der Waals surface area (Å²) in [7, 11) is 0. The molecule has 1 aliphatic rings. The first kappa shape index (κ1) is 22.5. The number of benzene rings is 3. The quantitative estimate of drug-likeness (QED) is 0.335. The number of furan rings is 1. The van der Waals surface area contributed by atoms with E-state index >= 15 is 0 Å². The second kappa shape index (κ2) is 9.16. The molecule has 0 unspecified atom stereocenters. The number of hydrogen-bond donors (Lipinski definition) is 1. The summed E-state index contributed by atoms with van der Waals surface area (Å²) in [6.45, 7) is 3.46. The maximum absolute atomic E-state index is 14.1. The molecule has 1 aromatic heterocycles. The van der Waals surface area contributed by atoms with Crippen LogP contribution in [0.1, 0.15) is 46.6 Å². The van der Waals surface area contributed by atoms with Crippen molar-refractivity contribution in [3.05, 3.63) is 130 Å². The van der Waals surface area contributed by atoms with Gasteiger partial charge in [0.15, 0.2) is 5.60 Å². The zero-order valence-corrected chi connectivity index (χ0v) is 19.0. The molecular formula is C29H27F2NO2. The number of rotatable bonds is 8. The van der Waals surface area contributed by atoms with E-state index in [1.165, 1.54) is 47.5 Å². The van der Waals surface area contributed by atoms with Crippen LogP contribution in [0.2, 0.25) is 0 Å². The smallest absolute Gasteiger partial charge is 0.173 e. The maximum atomic E-state index is 14.1. The predicted octanol–water partition coefficient (Wildman–Crippen LogP) is 6.32. The van der Waals surface area contributed by atoms with E-state index in [0.29, 0.717) is 18.3 Å². The summed E-state index contributed by atoms with van der Waals surface area (Å²) in [6, 6.07) is 23.9. The Bertz CT molecular complexity index is 1230. The Balaban J connectivity index is 1.47.